The molecular formula is C29H29ClN2O5. The Bertz CT molecular complexity index is 1340. The molecule has 1 aliphatic heterocycles. The zero-order chi connectivity index (χ0) is 26.5. The lowest BCUT2D eigenvalue weighted by molar-refractivity contribution is 0.0230. The summed E-state index contributed by atoms with van der Waals surface area (Å²) in [5.74, 6) is -0.392. The van der Waals surface area contributed by atoms with E-state index in [-0.39, 0.29) is 18.4 Å². The number of nitrogens with one attached hydrogen (secondary N) is 1. The van der Waals surface area contributed by atoms with Gasteiger partial charge in [-0.3, -0.25) is 9.59 Å². The Kier molecular flexibility index (Phi) is 8.14. The van der Waals surface area contributed by atoms with Crippen LogP contribution in [0, 0.1) is 13.8 Å². The first-order valence-electron chi connectivity index (χ1n) is 12.2. The van der Waals surface area contributed by atoms with E-state index in [2.05, 4.69) is 5.32 Å². The van der Waals surface area contributed by atoms with Crippen LogP contribution in [-0.4, -0.2) is 31.1 Å². The molecule has 37 heavy (non-hydrogen) atoms. The number of hydrogen-bond donors (Lipinski definition) is 1. The van der Waals surface area contributed by atoms with E-state index in [1.165, 1.54) is 0 Å². The summed E-state index contributed by atoms with van der Waals surface area (Å²) in [7, 11) is 0. The third-order valence-corrected chi connectivity index (χ3v) is 6.56. The van der Waals surface area contributed by atoms with Gasteiger partial charge in [0.25, 0.3) is 11.8 Å². The van der Waals surface area contributed by atoms with Gasteiger partial charge in [-0.25, -0.2) is 4.79 Å². The minimum atomic E-state index is -0.752. The van der Waals surface area contributed by atoms with Gasteiger partial charge in [0.15, 0.2) is 0 Å². The monoisotopic (exact) mass is 520 g/mol. The van der Waals surface area contributed by atoms with Crippen LogP contribution in [0.5, 0.6) is 0 Å². The quantitative estimate of drug-likeness (QED) is 0.371. The Morgan fingerprint density at radius 3 is 2.51 bits per heavy atom. The normalized spacial score (nSPS) is 14.8. The van der Waals surface area contributed by atoms with Crippen molar-refractivity contribution in [2.24, 2.45) is 0 Å². The van der Waals surface area contributed by atoms with Crippen LogP contribution in [-0.2, 0) is 9.47 Å². The Hall–Kier alpha value is -3.84. The van der Waals surface area contributed by atoms with E-state index < -0.39 is 12.3 Å². The summed E-state index contributed by atoms with van der Waals surface area (Å²) < 4.78 is 10.5. The van der Waals surface area contributed by atoms with Gasteiger partial charge in [0.05, 0.1) is 12.3 Å². The Morgan fingerprint density at radius 1 is 1.00 bits per heavy atom. The molecule has 3 aromatic rings. The van der Waals surface area contributed by atoms with Gasteiger partial charge >= 0.3 is 6.16 Å². The average Bonchev–Trinajstić information content (AvgIpc) is 3.03. The van der Waals surface area contributed by atoms with Crippen LogP contribution in [0.25, 0.3) is 0 Å². The molecule has 0 fully saturated rings. The highest BCUT2D eigenvalue weighted by Crippen LogP contribution is 2.38. The number of ether oxygens (including phenoxy) is 2. The number of amides is 2. The summed E-state index contributed by atoms with van der Waals surface area (Å²) in [6.45, 7) is 6.09. The molecule has 0 saturated heterocycles. The maximum Gasteiger partial charge on any atom is 0.508 e. The number of hydrogen-bond acceptors (Lipinski definition) is 5. The van der Waals surface area contributed by atoms with Crippen molar-refractivity contribution in [1.82, 2.24) is 0 Å². The smallest absolute Gasteiger partial charge is 0.435 e. The number of aryl methyl sites for hydroxylation is 2. The van der Waals surface area contributed by atoms with Crippen molar-refractivity contribution >= 4 is 40.9 Å². The molecule has 0 aromatic heterocycles. The van der Waals surface area contributed by atoms with Crippen molar-refractivity contribution in [3.63, 3.8) is 0 Å². The molecule has 4 rings (SSSR count). The number of halogens is 1. The van der Waals surface area contributed by atoms with Crippen LogP contribution < -0.4 is 10.2 Å². The summed E-state index contributed by atoms with van der Waals surface area (Å²) in [5, 5.41) is 3.39. The summed E-state index contributed by atoms with van der Waals surface area (Å²) >= 11 is 6.27. The molecule has 0 radical (unpaired) electrons. The third kappa shape index (κ3) is 5.94. The Labute approximate surface area is 221 Å². The number of nitrogens with zero attached hydrogens (tertiary/aromatic N) is 1. The topological polar surface area (TPSA) is 84.9 Å². The van der Waals surface area contributed by atoms with Gasteiger partial charge in [-0.2, -0.15) is 0 Å². The van der Waals surface area contributed by atoms with E-state index in [0.29, 0.717) is 52.5 Å². The second kappa shape index (κ2) is 11.5. The fourth-order valence-electron chi connectivity index (χ4n) is 4.49. The Morgan fingerprint density at radius 2 is 1.78 bits per heavy atom. The molecule has 1 unspecified atom stereocenters. The predicted octanol–water partition coefficient (Wildman–Crippen LogP) is 6.86. The van der Waals surface area contributed by atoms with E-state index in [0.717, 1.165) is 11.1 Å². The molecule has 0 bridgehead atoms. The van der Waals surface area contributed by atoms with Crippen molar-refractivity contribution in [2.45, 2.75) is 39.7 Å². The number of fused-ring (bicyclic) bond motifs is 1. The molecular weight excluding hydrogens is 492 g/mol. The van der Waals surface area contributed by atoms with Gasteiger partial charge < -0.3 is 19.7 Å². The lowest BCUT2D eigenvalue weighted by Crippen LogP contribution is -2.32. The first kappa shape index (κ1) is 26.2. The highest BCUT2D eigenvalue weighted by atomic mass is 35.5. The van der Waals surface area contributed by atoms with Gasteiger partial charge in [0.1, 0.15) is 6.10 Å². The second-order valence-electron chi connectivity index (χ2n) is 8.89. The molecule has 0 aliphatic carbocycles. The van der Waals surface area contributed by atoms with Gasteiger partial charge in [-0.1, -0.05) is 29.8 Å². The standard InChI is InChI=1S/C29H29ClN2O5/c1-4-36-29(35)37-26-10-7-15-32(25-14-11-20(30)17-24(25)26)28(34)23-13-12-21(16-19(23)3)31-27(33)22-9-6-5-8-18(22)2/h5-6,8-9,11-14,16-17,26H,4,7,10,15H2,1-3H3,(H,31,33). The fraction of sp³-hybridized carbons (Fsp3) is 0.276. The number of benzene rings is 3. The van der Waals surface area contributed by atoms with Crippen molar-refractivity contribution in [1.29, 1.82) is 0 Å². The second-order valence-corrected chi connectivity index (χ2v) is 9.33. The fourth-order valence-corrected chi connectivity index (χ4v) is 4.67. The van der Waals surface area contributed by atoms with Crippen LogP contribution in [0.15, 0.2) is 60.7 Å². The first-order chi connectivity index (χ1) is 17.8. The molecule has 7 nitrogen and oxygen atoms in total. The van der Waals surface area contributed by atoms with E-state index >= 15 is 0 Å². The maximum atomic E-state index is 13.7. The zero-order valence-corrected chi connectivity index (χ0v) is 21.8. The summed E-state index contributed by atoms with van der Waals surface area (Å²) in [4.78, 5) is 40.2. The largest absolute Gasteiger partial charge is 0.508 e. The summed E-state index contributed by atoms with van der Waals surface area (Å²) in [5.41, 5.74) is 4.62. The molecule has 1 heterocycles. The van der Waals surface area contributed by atoms with Crippen LogP contribution in [0.2, 0.25) is 5.02 Å². The van der Waals surface area contributed by atoms with Gasteiger partial charge in [-0.15, -0.1) is 0 Å². The van der Waals surface area contributed by atoms with E-state index in [4.69, 9.17) is 21.1 Å². The molecule has 192 valence electrons. The van der Waals surface area contributed by atoms with Gasteiger partial charge in [-0.05, 0) is 87.2 Å². The molecule has 1 N–H and O–H groups in total. The number of anilines is 2. The van der Waals surface area contributed by atoms with Crippen molar-refractivity contribution < 1.29 is 23.9 Å². The van der Waals surface area contributed by atoms with E-state index in [1.807, 2.05) is 32.0 Å². The summed E-state index contributed by atoms with van der Waals surface area (Å²) in [6, 6.07) is 17.8. The average molecular weight is 521 g/mol. The van der Waals surface area contributed by atoms with Crippen LogP contribution >= 0.6 is 11.6 Å². The highest BCUT2D eigenvalue weighted by molar-refractivity contribution is 6.30. The molecule has 1 atom stereocenters. The predicted molar refractivity (Wildman–Crippen MR) is 144 cm³/mol. The van der Waals surface area contributed by atoms with Gasteiger partial charge in [0.2, 0.25) is 0 Å². The lowest BCUT2D eigenvalue weighted by Gasteiger charge is -2.25. The van der Waals surface area contributed by atoms with E-state index in [1.54, 1.807) is 54.3 Å². The maximum absolute atomic E-state index is 13.7. The molecule has 0 spiro atoms. The minimum Gasteiger partial charge on any atom is -0.435 e. The van der Waals surface area contributed by atoms with Crippen molar-refractivity contribution in [2.75, 3.05) is 23.4 Å². The zero-order valence-electron chi connectivity index (χ0n) is 21.0. The van der Waals surface area contributed by atoms with E-state index in [9.17, 15) is 14.4 Å². The number of carbonyl (C=O) groups is 3. The van der Waals surface area contributed by atoms with Gasteiger partial charge in [0, 0.05) is 33.9 Å². The SMILES string of the molecule is CCOC(=O)OC1CCCN(C(=O)c2ccc(NC(=O)c3ccccc3C)cc2C)c2ccc(Cl)cc21. The van der Waals surface area contributed by atoms with Crippen LogP contribution in [0.1, 0.15) is 63.3 Å². The van der Waals surface area contributed by atoms with Crippen molar-refractivity contribution in [3.05, 3.63) is 93.5 Å². The number of rotatable bonds is 5. The van der Waals surface area contributed by atoms with Crippen LogP contribution in [0.3, 0.4) is 0 Å². The number of carbonyl (C=O) groups excluding carboxylic acids is 3. The summed E-state index contributed by atoms with van der Waals surface area (Å²) in [6.07, 6.45) is -0.187. The Balaban J connectivity index is 1.59. The minimum absolute atomic E-state index is 0.186. The molecule has 3 aromatic carbocycles. The molecule has 0 saturated carbocycles. The molecule has 8 heteroatoms. The molecule has 2 amide bonds. The lowest BCUT2D eigenvalue weighted by atomic mass is 10.0. The van der Waals surface area contributed by atoms with Crippen LogP contribution in [0.4, 0.5) is 16.2 Å². The van der Waals surface area contributed by atoms with Crippen molar-refractivity contribution in [3.8, 4) is 0 Å². The highest BCUT2D eigenvalue weighted by Gasteiger charge is 2.30. The third-order valence-electron chi connectivity index (χ3n) is 6.33. The first-order valence-corrected chi connectivity index (χ1v) is 12.6. The molecule has 1 aliphatic rings.